The lowest BCUT2D eigenvalue weighted by atomic mass is 9.76. The van der Waals surface area contributed by atoms with E-state index in [0.717, 1.165) is 17.8 Å². The molecule has 0 bridgehead atoms. The minimum Gasteiger partial charge on any atom is -0.309 e. The molecule has 1 amide bonds. The highest BCUT2D eigenvalue weighted by Gasteiger charge is 2.36. The van der Waals surface area contributed by atoms with Crippen LogP contribution in [0.25, 0.3) is 5.65 Å². The third kappa shape index (κ3) is 3.61. The van der Waals surface area contributed by atoms with Crippen LogP contribution in [-0.4, -0.2) is 21.3 Å². The van der Waals surface area contributed by atoms with E-state index in [2.05, 4.69) is 56.9 Å². The van der Waals surface area contributed by atoms with Crippen molar-refractivity contribution in [2.45, 2.75) is 53.0 Å². The summed E-state index contributed by atoms with van der Waals surface area (Å²) in [7, 11) is 0. The first-order valence-corrected chi connectivity index (χ1v) is 9.72. The van der Waals surface area contributed by atoms with Gasteiger partial charge in [0, 0.05) is 38.7 Å². The monoisotopic (exact) mass is 365 g/mol. The zero-order valence-corrected chi connectivity index (χ0v) is 16.9. The molecule has 4 heteroatoms. The molecule has 3 heterocycles. The van der Waals surface area contributed by atoms with Crippen LogP contribution in [0.4, 0.5) is 5.69 Å². The minimum atomic E-state index is 0. The van der Waals surface area contributed by atoms with Gasteiger partial charge in [0.05, 0.1) is 0 Å². The fourth-order valence-corrected chi connectivity index (χ4v) is 4.24. The average molecular weight is 366 g/mol. The summed E-state index contributed by atoms with van der Waals surface area (Å²) in [5.74, 6) is 1.22. The number of aryl methyl sites for hydroxylation is 1. The number of carbonyl (C=O) groups is 1. The molecule has 1 aliphatic heterocycles. The van der Waals surface area contributed by atoms with Gasteiger partial charge in [-0.3, -0.25) is 4.79 Å². The van der Waals surface area contributed by atoms with Gasteiger partial charge in [-0.2, -0.15) is 0 Å². The molecule has 4 nitrogen and oxygen atoms in total. The molecule has 3 atom stereocenters. The van der Waals surface area contributed by atoms with Gasteiger partial charge in [-0.05, 0) is 55.4 Å². The standard InChI is InChI=1S/C15H21NO.C8H8N2.H2/c1-5-13-10(2)11(3)16(12(4)17)15-9-7-6-8-14(13)15;1-7-3-2-5-10-6-4-9-8(7)10;/h6-11,13H,5H2,1-4H3;2-6H,1H3;1H/t10?,11-,13+;;/m0../s1. The number of benzene rings is 1. The van der Waals surface area contributed by atoms with E-state index < -0.39 is 0 Å². The summed E-state index contributed by atoms with van der Waals surface area (Å²) < 4.78 is 2.01. The Balaban J connectivity index is 0.000000217. The molecule has 0 N–H and O–H groups in total. The summed E-state index contributed by atoms with van der Waals surface area (Å²) in [6.45, 7) is 10.4. The van der Waals surface area contributed by atoms with E-state index >= 15 is 0 Å². The normalized spacial score (nSPS) is 21.4. The molecular weight excluding hydrogens is 334 g/mol. The van der Waals surface area contributed by atoms with E-state index in [1.807, 2.05) is 40.0 Å². The van der Waals surface area contributed by atoms with Crippen LogP contribution in [0.3, 0.4) is 0 Å². The summed E-state index contributed by atoms with van der Waals surface area (Å²) in [4.78, 5) is 18.0. The number of carbonyl (C=O) groups excluding carboxylic acids is 1. The molecule has 3 aromatic rings. The molecule has 0 radical (unpaired) electrons. The van der Waals surface area contributed by atoms with Gasteiger partial charge in [0.1, 0.15) is 5.65 Å². The van der Waals surface area contributed by atoms with Crippen LogP contribution in [0.2, 0.25) is 0 Å². The molecule has 0 aliphatic carbocycles. The van der Waals surface area contributed by atoms with Crippen molar-refractivity contribution in [2.24, 2.45) is 5.92 Å². The molecule has 144 valence electrons. The molecule has 0 saturated heterocycles. The van der Waals surface area contributed by atoms with Gasteiger partial charge >= 0.3 is 0 Å². The second-order valence-electron chi connectivity index (χ2n) is 7.41. The van der Waals surface area contributed by atoms with Crippen LogP contribution in [0.15, 0.2) is 55.0 Å². The van der Waals surface area contributed by atoms with E-state index in [9.17, 15) is 4.79 Å². The van der Waals surface area contributed by atoms with Crippen molar-refractivity contribution < 1.29 is 6.22 Å². The first kappa shape index (κ1) is 19.2. The number of fused-ring (bicyclic) bond motifs is 2. The maximum atomic E-state index is 11.8. The third-order valence-electron chi connectivity index (χ3n) is 5.79. The minimum absolute atomic E-state index is 0. The van der Waals surface area contributed by atoms with Gasteiger partial charge in [-0.15, -0.1) is 0 Å². The maximum Gasteiger partial charge on any atom is 0.224 e. The average Bonchev–Trinajstić information content (AvgIpc) is 3.13. The van der Waals surface area contributed by atoms with Gasteiger partial charge in [0.15, 0.2) is 0 Å². The number of aromatic nitrogens is 2. The van der Waals surface area contributed by atoms with Crippen LogP contribution in [-0.2, 0) is 4.79 Å². The number of rotatable bonds is 1. The number of anilines is 1. The number of nitrogens with zero attached hydrogens (tertiary/aromatic N) is 3. The Morgan fingerprint density at radius 2 is 1.89 bits per heavy atom. The summed E-state index contributed by atoms with van der Waals surface area (Å²) in [6.07, 6.45) is 6.88. The van der Waals surface area contributed by atoms with Crippen molar-refractivity contribution in [3.63, 3.8) is 0 Å². The molecule has 2 aromatic heterocycles. The van der Waals surface area contributed by atoms with E-state index in [1.54, 1.807) is 6.92 Å². The van der Waals surface area contributed by atoms with E-state index in [-0.39, 0.29) is 13.4 Å². The van der Waals surface area contributed by atoms with Gasteiger partial charge in [-0.1, -0.05) is 38.1 Å². The predicted molar refractivity (Wildman–Crippen MR) is 113 cm³/mol. The molecule has 27 heavy (non-hydrogen) atoms. The zero-order chi connectivity index (χ0) is 19.6. The second kappa shape index (κ2) is 7.95. The largest absolute Gasteiger partial charge is 0.309 e. The fourth-order valence-electron chi connectivity index (χ4n) is 4.24. The van der Waals surface area contributed by atoms with Crippen molar-refractivity contribution in [3.8, 4) is 0 Å². The SMILES string of the molecule is CC[C@H]1c2ccccc2N(C(C)=O)[C@@H](C)C1C.Cc1cccn2ccnc12.[HH]. The number of pyridine rings is 1. The lowest BCUT2D eigenvalue weighted by Gasteiger charge is -2.43. The van der Waals surface area contributed by atoms with E-state index in [1.165, 1.54) is 11.1 Å². The Morgan fingerprint density at radius 1 is 1.15 bits per heavy atom. The Morgan fingerprint density at radius 3 is 2.56 bits per heavy atom. The summed E-state index contributed by atoms with van der Waals surface area (Å²) in [5.41, 5.74) is 4.70. The predicted octanol–water partition coefficient (Wildman–Crippen LogP) is 5.46. The van der Waals surface area contributed by atoms with Crippen LogP contribution >= 0.6 is 0 Å². The third-order valence-corrected chi connectivity index (χ3v) is 5.79. The Bertz CT molecular complexity index is 936. The van der Waals surface area contributed by atoms with Crippen molar-refractivity contribution in [3.05, 3.63) is 66.1 Å². The highest BCUT2D eigenvalue weighted by atomic mass is 16.2. The Hall–Kier alpha value is -2.62. The van der Waals surface area contributed by atoms with Crippen molar-refractivity contribution in [1.82, 2.24) is 9.38 Å². The number of hydrogen-bond donors (Lipinski definition) is 0. The number of amides is 1. The number of para-hydroxylation sites is 1. The van der Waals surface area contributed by atoms with E-state index in [4.69, 9.17) is 0 Å². The quantitative estimate of drug-likeness (QED) is 0.574. The maximum absolute atomic E-state index is 11.8. The van der Waals surface area contributed by atoms with Crippen molar-refractivity contribution in [1.29, 1.82) is 0 Å². The summed E-state index contributed by atoms with van der Waals surface area (Å²) >= 11 is 0. The Kier molecular flexibility index (Phi) is 5.64. The first-order chi connectivity index (χ1) is 13.0. The Labute approximate surface area is 163 Å². The highest BCUT2D eigenvalue weighted by Crippen LogP contribution is 2.43. The van der Waals surface area contributed by atoms with Gasteiger partial charge in [0.2, 0.25) is 5.91 Å². The molecule has 0 fully saturated rings. The van der Waals surface area contributed by atoms with Crippen LogP contribution in [0.1, 0.15) is 52.6 Å². The van der Waals surface area contributed by atoms with Crippen LogP contribution in [0.5, 0.6) is 0 Å². The molecule has 1 aromatic carbocycles. The summed E-state index contributed by atoms with van der Waals surface area (Å²) in [5, 5.41) is 0. The lowest BCUT2D eigenvalue weighted by molar-refractivity contribution is -0.117. The highest BCUT2D eigenvalue weighted by molar-refractivity contribution is 5.93. The topological polar surface area (TPSA) is 37.6 Å². The van der Waals surface area contributed by atoms with Gasteiger partial charge in [-0.25, -0.2) is 4.98 Å². The molecule has 0 saturated carbocycles. The molecular formula is C23H31N3O. The van der Waals surface area contributed by atoms with Gasteiger partial charge in [0.25, 0.3) is 0 Å². The van der Waals surface area contributed by atoms with Crippen LogP contribution in [0, 0.1) is 12.8 Å². The van der Waals surface area contributed by atoms with Crippen molar-refractivity contribution in [2.75, 3.05) is 4.90 Å². The van der Waals surface area contributed by atoms with Gasteiger partial charge < -0.3 is 9.30 Å². The fraction of sp³-hybridized carbons (Fsp3) is 0.391. The summed E-state index contributed by atoms with van der Waals surface area (Å²) in [6, 6.07) is 12.7. The van der Waals surface area contributed by atoms with Crippen LogP contribution < -0.4 is 4.90 Å². The lowest BCUT2D eigenvalue weighted by Crippen LogP contribution is -2.46. The molecule has 4 rings (SSSR count). The first-order valence-electron chi connectivity index (χ1n) is 9.72. The smallest absolute Gasteiger partial charge is 0.224 e. The zero-order valence-electron chi connectivity index (χ0n) is 16.9. The molecule has 0 spiro atoms. The molecule has 1 aliphatic rings. The van der Waals surface area contributed by atoms with Crippen molar-refractivity contribution >= 4 is 17.2 Å². The molecule has 1 unspecified atom stereocenters. The number of hydrogen-bond acceptors (Lipinski definition) is 2. The second-order valence-corrected chi connectivity index (χ2v) is 7.41. The number of imidazole rings is 1. The van der Waals surface area contributed by atoms with E-state index in [0.29, 0.717) is 11.8 Å².